The molecule has 1 aromatic heterocycles. The van der Waals surface area contributed by atoms with Crippen LogP contribution in [0.4, 0.5) is 0 Å². The van der Waals surface area contributed by atoms with Gasteiger partial charge in [0.2, 0.25) is 0 Å². The van der Waals surface area contributed by atoms with E-state index in [9.17, 15) is 4.79 Å². The fourth-order valence-electron chi connectivity index (χ4n) is 3.55. The van der Waals surface area contributed by atoms with E-state index in [-0.39, 0.29) is 5.56 Å². The Labute approximate surface area is 140 Å². The van der Waals surface area contributed by atoms with E-state index in [0.717, 1.165) is 25.2 Å². The highest BCUT2D eigenvalue weighted by atomic mass is 128. The first-order chi connectivity index (χ1) is 9.06. The van der Waals surface area contributed by atoms with Crippen LogP contribution in [0.3, 0.4) is 0 Å². The number of pyridine rings is 1. The smallest absolute Gasteiger partial charge is 0.253 e. The van der Waals surface area contributed by atoms with Crippen LogP contribution >= 0.6 is 46.6 Å². The number of rotatable bonds is 0. The zero-order valence-corrected chi connectivity index (χ0v) is 16.7. The number of halogens is 2. The van der Waals surface area contributed by atoms with Crippen LogP contribution < -0.4 is 5.56 Å². The Hall–Kier alpha value is 0.800. The summed E-state index contributed by atoms with van der Waals surface area (Å²) in [5.41, 5.74) is 3.67. The van der Waals surface area contributed by atoms with Gasteiger partial charge in [-0.3, -0.25) is 9.46 Å². The molecule has 19 heavy (non-hydrogen) atoms. The van der Waals surface area contributed by atoms with E-state index < -0.39 is 0 Å². The van der Waals surface area contributed by atoms with Crippen LogP contribution in [0, 0.1) is 19.8 Å². The van der Waals surface area contributed by atoms with E-state index >= 15 is 0 Å². The zero-order chi connectivity index (χ0) is 14.2. The van der Waals surface area contributed by atoms with Gasteiger partial charge in [-0.25, -0.2) is 0 Å². The van der Waals surface area contributed by atoms with Gasteiger partial charge in [0.15, 0.2) is 0 Å². The SMILES string of the molecule is Cc1cc(C)c(=O)n2c1[C@H]1C[C@H](CN(P)C1)C2.II. The first kappa shape index (κ1) is 16.2. The van der Waals surface area contributed by atoms with E-state index in [0.29, 0.717) is 11.8 Å². The molecule has 2 aliphatic rings. The third-order valence-electron chi connectivity index (χ3n) is 4.10. The molecule has 3 atom stereocenters. The first-order valence-corrected chi connectivity index (χ1v) is 13.2. The molecule has 6 heteroatoms. The van der Waals surface area contributed by atoms with Crippen molar-refractivity contribution in [3.05, 3.63) is 33.2 Å². The number of aryl methyl sites for hydroxylation is 2. The molecule has 0 radical (unpaired) electrons. The Kier molecular flexibility index (Phi) is 5.71. The van der Waals surface area contributed by atoms with Crippen LogP contribution in [0.15, 0.2) is 10.9 Å². The maximum atomic E-state index is 12.2. The molecule has 106 valence electrons. The molecule has 0 amide bonds. The van der Waals surface area contributed by atoms with Crippen molar-refractivity contribution in [1.29, 1.82) is 0 Å². The molecular weight excluding hydrogens is 485 g/mol. The summed E-state index contributed by atoms with van der Waals surface area (Å²) in [5.74, 6) is 1.17. The van der Waals surface area contributed by atoms with E-state index in [1.165, 1.54) is 17.7 Å². The Morgan fingerprint density at radius 3 is 2.58 bits per heavy atom. The average molecular weight is 504 g/mol. The second-order valence-corrected chi connectivity index (χ2v) is 6.29. The van der Waals surface area contributed by atoms with E-state index in [1.54, 1.807) is 0 Å². The average Bonchev–Trinajstić information content (AvgIpc) is 2.37. The van der Waals surface area contributed by atoms with Crippen molar-refractivity contribution < 1.29 is 0 Å². The Morgan fingerprint density at radius 1 is 1.21 bits per heavy atom. The topological polar surface area (TPSA) is 25.2 Å². The lowest BCUT2D eigenvalue weighted by molar-refractivity contribution is 0.195. The van der Waals surface area contributed by atoms with Crippen molar-refractivity contribution in [2.75, 3.05) is 13.1 Å². The van der Waals surface area contributed by atoms with Crippen LogP contribution in [0.25, 0.3) is 0 Å². The number of nitrogens with zero attached hydrogens (tertiary/aromatic N) is 2. The van der Waals surface area contributed by atoms with E-state index in [4.69, 9.17) is 0 Å². The number of aromatic nitrogens is 1. The van der Waals surface area contributed by atoms with Gasteiger partial charge in [0, 0.05) is 74.0 Å². The summed E-state index contributed by atoms with van der Waals surface area (Å²) in [6.07, 6.45) is 1.24. The molecule has 1 aromatic rings. The normalized spacial score (nSPS) is 25.3. The minimum absolute atomic E-state index is 0.220. The summed E-state index contributed by atoms with van der Waals surface area (Å²) in [6.45, 7) is 7.12. The van der Waals surface area contributed by atoms with Crippen molar-refractivity contribution in [3.8, 4) is 0 Å². The molecule has 1 unspecified atom stereocenters. The number of hydrogen-bond donors (Lipinski definition) is 0. The summed E-state index contributed by atoms with van der Waals surface area (Å²) in [7, 11) is 2.82. The zero-order valence-electron chi connectivity index (χ0n) is 11.2. The molecule has 0 spiro atoms. The first-order valence-electron chi connectivity index (χ1n) is 6.41. The summed E-state index contributed by atoms with van der Waals surface area (Å²) in [4.78, 5) is 12.2. The van der Waals surface area contributed by atoms with Crippen molar-refractivity contribution in [1.82, 2.24) is 9.24 Å². The molecule has 2 bridgehead atoms. The van der Waals surface area contributed by atoms with Gasteiger partial charge in [0.1, 0.15) is 0 Å². The highest BCUT2D eigenvalue weighted by molar-refractivity contribution is 15.0. The van der Waals surface area contributed by atoms with Gasteiger partial charge >= 0.3 is 0 Å². The molecule has 0 aliphatic carbocycles. The van der Waals surface area contributed by atoms with Crippen LogP contribution in [0.2, 0.25) is 0 Å². The highest BCUT2D eigenvalue weighted by Crippen LogP contribution is 2.37. The van der Waals surface area contributed by atoms with Crippen molar-refractivity contribution in [2.24, 2.45) is 5.92 Å². The van der Waals surface area contributed by atoms with Crippen molar-refractivity contribution >= 4 is 46.6 Å². The molecule has 0 N–H and O–H groups in total. The van der Waals surface area contributed by atoms with Gasteiger partial charge in [0.05, 0.1) is 0 Å². The van der Waals surface area contributed by atoms with Gasteiger partial charge in [-0.15, -0.1) is 0 Å². The lowest BCUT2D eigenvalue weighted by atomic mass is 9.82. The summed E-state index contributed by atoms with van der Waals surface area (Å²) in [5, 5.41) is 0. The predicted octanol–water partition coefficient (Wildman–Crippen LogP) is 3.45. The molecule has 3 rings (SSSR count). The molecule has 1 fully saturated rings. The van der Waals surface area contributed by atoms with Gasteiger partial charge in [-0.05, 0) is 37.8 Å². The molecule has 3 heterocycles. The molecule has 0 aromatic carbocycles. The standard InChI is InChI=1S/C13H19N2OP.I2/c1-8-3-9(2)13(16)15-6-10-4-11(12(8)15)7-14(17)5-10;1-2/h3,10-11H,4-7,17H2,1-2H3;/t10-,11+;/m1./s1. The Balaban J connectivity index is 0.000000637. The third-order valence-corrected chi connectivity index (χ3v) is 4.52. The highest BCUT2D eigenvalue weighted by Gasteiger charge is 2.34. The van der Waals surface area contributed by atoms with Crippen LogP contribution in [0.1, 0.15) is 29.2 Å². The Bertz CT molecular complexity index is 532. The lowest BCUT2D eigenvalue weighted by Gasteiger charge is -2.42. The summed E-state index contributed by atoms with van der Waals surface area (Å²) < 4.78 is 4.37. The largest absolute Gasteiger partial charge is 0.312 e. The number of piperidine rings is 1. The maximum absolute atomic E-state index is 12.2. The fourth-order valence-corrected chi connectivity index (χ4v) is 4.10. The second-order valence-electron chi connectivity index (χ2n) is 5.56. The fraction of sp³-hybridized carbons (Fsp3) is 0.615. The Morgan fingerprint density at radius 2 is 1.89 bits per heavy atom. The number of fused-ring (bicyclic) bond motifs is 4. The maximum Gasteiger partial charge on any atom is 0.253 e. The van der Waals surface area contributed by atoms with Gasteiger partial charge in [0.25, 0.3) is 5.56 Å². The predicted molar refractivity (Wildman–Crippen MR) is 100 cm³/mol. The summed E-state index contributed by atoms with van der Waals surface area (Å²) >= 11 is 4.24. The monoisotopic (exact) mass is 504 g/mol. The van der Waals surface area contributed by atoms with Crippen LogP contribution in [-0.4, -0.2) is 22.3 Å². The van der Waals surface area contributed by atoms with Gasteiger partial charge < -0.3 is 4.57 Å². The molecular formula is C13H19I2N2OP. The number of hydrogen-bond acceptors (Lipinski definition) is 2. The minimum Gasteiger partial charge on any atom is -0.312 e. The van der Waals surface area contributed by atoms with Gasteiger partial charge in [-0.2, -0.15) is 0 Å². The lowest BCUT2D eigenvalue weighted by Crippen LogP contribution is -2.44. The minimum atomic E-state index is 0.220. The van der Waals surface area contributed by atoms with E-state index in [2.05, 4.69) is 64.3 Å². The molecule has 0 saturated carbocycles. The van der Waals surface area contributed by atoms with Crippen molar-refractivity contribution in [3.63, 3.8) is 0 Å². The summed E-state index contributed by atoms with van der Waals surface area (Å²) in [6, 6.07) is 2.05. The third kappa shape index (κ3) is 3.19. The van der Waals surface area contributed by atoms with E-state index in [1.807, 2.05) is 11.5 Å². The molecule has 3 nitrogen and oxygen atoms in total. The van der Waals surface area contributed by atoms with Crippen molar-refractivity contribution in [2.45, 2.75) is 32.7 Å². The van der Waals surface area contributed by atoms with Gasteiger partial charge in [-0.1, -0.05) is 9.39 Å². The molecule has 2 aliphatic heterocycles. The van der Waals surface area contributed by atoms with Crippen LogP contribution in [-0.2, 0) is 6.54 Å². The second kappa shape index (κ2) is 6.71. The quantitative estimate of drug-likeness (QED) is 0.400. The molecule has 1 saturated heterocycles. The van der Waals surface area contributed by atoms with Crippen LogP contribution in [0.5, 0.6) is 0 Å².